The number of benzene rings is 1. The van der Waals surface area contributed by atoms with Gasteiger partial charge >= 0.3 is 0 Å². The Kier molecular flexibility index (Phi) is 6.83. The molecule has 0 aliphatic heterocycles. The largest absolute Gasteiger partial charge is 0.352 e. The van der Waals surface area contributed by atoms with Crippen molar-refractivity contribution in [2.45, 2.75) is 31.1 Å². The summed E-state index contributed by atoms with van der Waals surface area (Å²) in [5, 5.41) is 2.80. The highest BCUT2D eigenvalue weighted by Gasteiger charge is 2.22. The summed E-state index contributed by atoms with van der Waals surface area (Å²) in [6.07, 6.45) is 3.06. The second kappa shape index (κ2) is 7.91. The van der Waals surface area contributed by atoms with Gasteiger partial charge in [0.2, 0.25) is 10.0 Å². The van der Waals surface area contributed by atoms with Gasteiger partial charge < -0.3 is 5.32 Å². The number of unbranched alkanes of at least 4 members (excludes halogenated alkanes) is 2. The zero-order chi connectivity index (χ0) is 16.0. The van der Waals surface area contributed by atoms with E-state index in [-0.39, 0.29) is 10.8 Å². The maximum atomic E-state index is 12.2. The van der Waals surface area contributed by atoms with Gasteiger partial charge in [-0.15, -0.1) is 0 Å². The maximum Gasteiger partial charge on any atom is 0.251 e. The number of hydrogen-bond acceptors (Lipinski definition) is 3. The maximum absolute atomic E-state index is 12.2. The summed E-state index contributed by atoms with van der Waals surface area (Å²) in [6, 6.07) is 4.58. The molecule has 0 aromatic heterocycles. The van der Waals surface area contributed by atoms with E-state index in [0.717, 1.165) is 23.6 Å². The molecule has 0 saturated carbocycles. The number of sulfonamides is 1. The minimum Gasteiger partial charge on any atom is -0.352 e. The van der Waals surface area contributed by atoms with E-state index in [1.807, 2.05) is 0 Å². The summed E-state index contributed by atoms with van der Waals surface area (Å²) < 4.78 is 25.9. The summed E-state index contributed by atoms with van der Waals surface area (Å²) in [7, 11) is -0.671. The third kappa shape index (κ3) is 4.79. The summed E-state index contributed by atoms with van der Waals surface area (Å²) in [5.41, 5.74) is 0.343. The number of nitrogens with zero attached hydrogens (tertiary/aromatic N) is 1. The van der Waals surface area contributed by atoms with Crippen LogP contribution in [-0.4, -0.2) is 39.3 Å². The van der Waals surface area contributed by atoms with Crippen LogP contribution >= 0.6 is 15.9 Å². The van der Waals surface area contributed by atoms with Crippen LogP contribution in [0.5, 0.6) is 0 Å². The average Bonchev–Trinajstić information content (AvgIpc) is 2.43. The van der Waals surface area contributed by atoms with Crippen LogP contribution in [0.15, 0.2) is 27.6 Å². The number of nitrogens with one attached hydrogen (secondary N) is 1. The first-order chi connectivity index (χ1) is 9.80. The van der Waals surface area contributed by atoms with Crippen LogP contribution < -0.4 is 5.32 Å². The predicted octanol–water partition coefficient (Wildman–Crippen LogP) is 2.62. The van der Waals surface area contributed by atoms with Crippen molar-refractivity contribution in [2.75, 3.05) is 20.6 Å². The van der Waals surface area contributed by atoms with E-state index in [1.54, 1.807) is 12.1 Å². The van der Waals surface area contributed by atoms with E-state index in [0.29, 0.717) is 16.6 Å². The third-order valence-corrected chi connectivity index (χ3v) is 5.83. The zero-order valence-electron chi connectivity index (χ0n) is 12.5. The Morgan fingerprint density at radius 1 is 1.29 bits per heavy atom. The Morgan fingerprint density at radius 2 is 1.95 bits per heavy atom. The zero-order valence-corrected chi connectivity index (χ0v) is 14.9. The average molecular weight is 377 g/mol. The molecule has 0 aliphatic carbocycles. The van der Waals surface area contributed by atoms with Crippen molar-refractivity contribution in [3.8, 4) is 0 Å². The van der Waals surface area contributed by atoms with Crippen LogP contribution in [0.1, 0.15) is 36.5 Å². The summed E-state index contributed by atoms with van der Waals surface area (Å²) in [5.74, 6) is -0.256. The Morgan fingerprint density at radius 3 is 2.52 bits per heavy atom. The lowest BCUT2D eigenvalue weighted by molar-refractivity contribution is 0.0952. The fourth-order valence-corrected chi connectivity index (χ4v) is 3.56. The minimum absolute atomic E-state index is 0.0914. The van der Waals surface area contributed by atoms with Crippen LogP contribution in [0, 0.1) is 0 Å². The molecule has 0 heterocycles. The van der Waals surface area contributed by atoms with Gasteiger partial charge in [-0.3, -0.25) is 4.79 Å². The summed E-state index contributed by atoms with van der Waals surface area (Å²) >= 11 is 3.22. The molecule has 1 N–H and O–H groups in total. The van der Waals surface area contributed by atoms with Crippen LogP contribution in [0.4, 0.5) is 0 Å². The first-order valence-corrected chi connectivity index (χ1v) is 9.04. The third-order valence-electron chi connectivity index (χ3n) is 3.02. The van der Waals surface area contributed by atoms with Gasteiger partial charge in [-0.05, 0) is 40.5 Å². The van der Waals surface area contributed by atoms with E-state index in [4.69, 9.17) is 0 Å². The van der Waals surface area contributed by atoms with Crippen molar-refractivity contribution < 1.29 is 13.2 Å². The smallest absolute Gasteiger partial charge is 0.251 e. The molecule has 118 valence electrons. The fourth-order valence-electron chi connectivity index (χ4n) is 1.72. The number of hydrogen-bond donors (Lipinski definition) is 1. The quantitative estimate of drug-likeness (QED) is 0.743. The van der Waals surface area contributed by atoms with Gasteiger partial charge in [0.25, 0.3) is 5.91 Å². The molecule has 1 rings (SSSR count). The molecule has 0 fully saturated rings. The highest BCUT2D eigenvalue weighted by atomic mass is 79.9. The standard InChI is InChI=1S/C14H21BrN2O3S/c1-4-5-6-9-16-14(18)11-7-8-12(15)13(10-11)21(19,20)17(2)3/h7-8,10H,4-6,9H2,1-3H3,(H,16,18). The van der Waals surface area contributed by atoms with Gasteiger partial charge in [-0.1, -0.05) is 19.8 Å². The Labute approximate surface area is 134 Å². The monoisotopic (exact) mass is 376 g/mol. The van der Waals surface area contributed by atoms with Gasteiger partial charge in [0.1, 0.15) is 0 Å². The van der Waals surface area contributed by atoms with Crippen molar-refractivity contribution in [1.29, 1.82) is 0 Å². The molecule has 1 aromatic rings. The molecule has 0 aliphatic rings. The Bertz CT molecular complexity index is 600. The van der Waals surface area contributed by atoms with Gasteiger partial charge in [0.05, 0.1) is 4.90 Å². The number of carbonyl (C=O) groups excluding carboxylic acids is 1. The fraction of sp³-hybridized carbons (Fsp3) is 0.500. The van der Waals surface area contributed by atoms with Crippen molar-refractivity contribution in [3.63, 3.8) is 0 Å². The molecule has 1 amide bonds. The molecular weight excluding hydrogens is 356 g/mol. The molecule has 0 spiro atoms. The predicted molar refractivity (Wildman–Crippen MR) is 86.9 cm³/mol. The van der Waals surface area contributed by atoms with Gasteiger partial charge in [-0.25, -0.2) is 12.7 Å². The number of carbonyl (C=O) groups is 1. The topological polar surface area (TPSA) is 66.5 Å². The van der Waals surface area contributed by atoms with Crippen molar-refractivity contribution in [2.24, 2.45) is 0 Å². The molecule has 1 aromatic carbocycles. The van der Waals surface area contributed by atoms with Gasteiger partial charge in [0.15, 0.2) is 0 Å². The number of rotatable bonds is 7. The van der Waals surface area contributed by atoms with Crippen LogP contribution in [0.25, 0.3) is 0 Å². The highest BCUT2D eigenvalue weighted by molar-refractivity contribution is 9.10. The lowest BCUT2D eigenvalue weighted by Crippen LogP contribution is -2.26. The SMILES string of the molecule is CCCCCNC(=O)c1ccc(Br)c(S(=O)(=O)N(C)C)c1. The van der Waals surface area contributed by atoms with Crippen molar-refractivity contribution in [1.82, 2.24) is 9.62 Å². The molecule has 0 radical (unpaired) electrons. The van der Waals surface area contributed by atoms with Gasteiger partial charge in [0, 0.05) is 30.7 Å². The van der Waals surface area contributed by atoms with Gasteiger partial charge in [-0.2, -0.15) is 0 Å². The summed E-state index contributed by atoms with van der Waals surface area (Å²) in [6.45, 7) is 2.69. The number of halogens is 1. The van der Waals surface area contributed by atoms with E-state index in [2.05, 4.69) is 28.2 Å². The first kappa shape index (κ1) is 18.1. The molecule has 0 saturated heterocycles. The van der Waals surface area contributed by atoms with Crippen molar-refractivity contribution >= 4 is 31.9 Å². The molecule has 21 heavy (non-hydrogen) atoms. The second-order valence-electron chi connectivity index (χ2n) is 4.90. The second-order valence-corrected chi connectivity index (χ2v) is 7.87. The molecule has 0 bridgehead atoms. The van der Waals surface area contributed by atoms with E-state index < -0.39 is 10.0 Å². The van der Waals surface area contributed by atoms with E-state index >= 15 is 0 Å². The van der Waals surface area contributed by atoms with Crippen LogP contribution in [-0.2, 0) is 10.0 Å². The van der Waals surface area contributed by atoms with Crippen LogP contribution in [0.2, 0.25) is 0 Å². The normalized spacial score (nSPS) is 11.7. The van der Waals surface area contributed by atoms with Crippen LogP contribution in [0.3, 0.4) is 0 Å². The highest BCUT2D eigenvalue weighted by Crippen LogP contribution is 2.25. The minimum atomic E-state index is -3.59. The molecule has 0 unspecified atom stereocenters. The van der Waals surface area contributed by atoms with E-state index in [9.17, 15) is 13.2 Å². The molecule has 7 heteroatoms. The Hall–Kier alpha value is -0.920. The Balaban J connectivity index is 2.94. The molecular formula is C14H21BrN2O3S. The van der Waals surface area contributed by atoms with E-state index in [1.165, 1.54) is 20.2 Å². The van der Waals surface area contributed by atoms with Crippen molar-refractivity contribution in [3.05, 3.63) is 28.2 Å². The first-order valence-electron chi connectivity index (χ1n) is 6.81. The lowest BCUT2D eigenvalue weighted by Gasteiger charge is -2.14. The lowest BCUT2D eigenvalue weighted by atomic mass is 10.2. The molecule has 5 nitrogen and oxygen atoms in total. The molecule has 0 atom stereocenters. The summed E-state index contributed by atoms with van der Waals surface area (Å²) in [4.78, 5) is 12.1. The number of amides is 1.